The van der Waals surface area contributed by atoms with Gasteiger partial charge in [-0.1, -0.05) is 52.3 Å². The Morgan fingerprint density at radius 3 is 2.17 bits per heavy atom. The minimum atomic E-state index is -1.14. The summed E-state index contributed by atoms with van der Waals surface area (Å²) in [5.41, 5.74) is 13.5. The molecule has 9 N–H and O–H groups in total. The first-order valence-corrected chi connectivity index (χ1v) is 14.1. The van der Waals surface area contributed by atoms with Crippen molar-refractivity contribution in [2.45, 2.75) is 90.4 Å². The Morgan fingerprint density at radius 1 is 0.925 bits per heavy atom. The van der Waals surface area contributed by atoms with Crippen LogP contribution >= 0.6 is 0 Å². The predicted molar refractivity (Wildman–Crippen MR) is 155 cm³/mol. The zero-order valence-electron chi connectivity index (χ0n) is 24.0. The van der Waals surface area contributed by atoms with Gasteiger partial charge in [0.05, 0.1) is 6.04 Å². The maximum absolute atomic E-state index is 13.7. The maximum Gasteiger partial charge on any atom is 0.326 e. The summed E-state index contributed by atoms with van der Waals surface area (Å²) in [6.07, 6.45) is 4.35. The van der Waals surface area contributed by atoms with E-state index in [4.69, 9.17) is 11.5 Å². The Hall–Kier alpha value is -3.44. The summed E-state index contributed by atoms with van der Waals surface area (Å²) in [4.78, 5) is 54.8. The number of amides is 3. The van der Waals surface area contributed by atoms with Crippen LogP contribution in [-0.2, 0) is 25.6 Å². The number of nitrogens with one attached hydrogen (secondary N) is 4. The highest BCUT2D eigenvalue weighted by Crippen LogP contribution is 2.20. The Bertz CT molecular complexity index is 1130. The summed E-state index contributed by atoms with van der Waals surface area (Å²) in [6.45, 7) is 7.95. The summed E-state index contributed by atoms with van der Waals surface area (Å²) >= 11 is 0. The first-order valence-electron chi connectivity index (χ1n) is 14.1. The lowest BCUT2D eigenvalue weighted by Gasteiger charge is -2.26. The van der Waals surface area contributed by atoms with E-state index >= 15 is 0 Å². The van der Waals surface area contributed by atoms with Gasteiger partial charge in [-0.05, 0) is 55.7 Å². The zero-order chi connectivity index (χ0) is 29.8. The van der Waals surface area contributed by atoms with Crippen LogP contribution in [-0.4, -0.2) is 64.5 Å². The molecule has 222 valence electrons. The number of hydrogen-bond donors (Lipinski definition) is 7. The van der Waals surface area contributed by atoms with E-state index < -0.39 is 47.9 Å². The summed E-state index contributed by atoms with van der Waals surface area (Å²) in [5.74, 6) is -2.80. The molecule has 0 saturated heterocycles. The molecule has 0 fully saturated rings. The molecule has 0 radical (unpaired) electrons. The van der Waals surface area contributed by atoms with E-state index in [0.717, 1.165) is 16.5 Å². The van der Waals surface area contributed by atoms with Crippen molar-refractivity contribution in [2.24, 2.45) is 23.3 Å². The second-order valence-electron chi connectivity index (χ2n) is 10.9. The summed E-state index contributed by atoms with van der Waals surface area (Å²) < 4.78 is 0. The van der Waals surface area contributed by atoms with Crippen molar-refractivity contribution in [2.75, 3.05) is 6.54 Å². The van der Waals surface area contributed by atoms with Crippen molar-refractivity contribution in [3.05, 3.63) is 36.0 Å². The molecule has 2 rings (SSSR count). The SMILES string of the molecule is CCC(C)C(N)C(=O)NC(Cc1c[nH]c2ccccc12)C(=O)NC(CCCCN)C(=O)NC(CC(C)C)C(=O)O. The van der Waals surface area contributed by atoms with Crippen LogP contribution in [0.15, 0.2) is 30.5 Å². The predicted octanol–water partition coefficient (Wildman–Crippen LogP) is 1.80. The second-order valence-corrected chi connectivity index (χ2v) is 10.9. The minimum Gasteiger partial charge on any atom is -0.480 e. The molecular weight excluding hydrogens is 512 g/mol. The van der Waals surface area contributed by atoms with Gasteiger partial charge in [0.1, 0.15) is 18.1 Å². The largest absolute Gasteiger partial charge is 0.480 e. The quantitative estimate of drug-likeness (QED) is 0.144. The van der Waals surface area contributed by atoms with E-state index in [1.807, 2.05) is 52.0 Å². The van der Waals surface area contributed by atoms with Gasteiger partial charge >= 0.3 is 5.97 Å². The third kappa shape index (κ3) is 9.63. The van der Waals surface area contributed by atoms with Crippen LogP contribution in [0.25, 0.3) is 10.9 Å². The molecule has 0 bridgehead atoms. The molecule has 0 saturated carbocycles. The third-order valence-electron chi connectivity index (χ3n) is 7.19. The number of para-hydroxylation sites is 1. The number of carboxylic acids is 1. The first-order chi connectivity index (χ1) is 19.0. The van der Waals surface area contributed by atoms with Crippen molar-refractivity contribution in [1.82, 2.24) is 20.9 Å². The lowest BCUT2D eigenvalue weighted by atomic mass is 9.98. The van der Waals surface area contributed by atoms with Gasteiger partial charge in [-0.15, -0.1) is 0 Å². The molecule has 0 aliphatic carbocycles. The van der Waals surface area contributed by atoms with Gasteiger partial charge in [0.2, 0.25) is 17.7 Å². The smallest absolute Gasteiger partial charge is 0.326 e. The van der Waals surface area contributed by atoms with Crippen molar-refractivity contribution >= 4 is 34.6 Å². The highest BCUT2D eigenvalue weighted by Gasteiger charge is 2.31. The van der Waals surface area contributed by atoms with Crippen LogP contribution in [0.4, 0.5) is 0 Å². The summed E-state index contributed by atoms with van der Waals surface area (Å²) in [5, 5.41) is 18.7. The van der Waals surface area contributed by atoms with Gasteiger partial charge in [-0.2, -0.15) is 0 Å². The number of unbranched alkanes of at least 4 members (excludes halogenated alkanes) is 1. The van der Waals surface area contributed by atoms with E-state index in [9.17, 15) is 24.3 Å². The van der Waals surface area contributed by atoms with Gasteiger partial charge in [0, 0.05) is 23.5 Å². The van der Waals surface area contributed by atoms with Gasteiger partial charge in [0.15, 0.2) is 0 Å². The molecule has 11 nitrogen and oxygen atoms in total. The number of nitrogens with two attached hydrogens (primary N) is 2. The van der Waals surface area contributed by atoms with Crippen molar-refractivity contribution in [3.8, 4) is 0 Å². The van der Waals surface area contributed by atoms with Gasteiger partial charge < -0.3 is 37.5 Å². The van der Waals surface area contributed by atoms with Gasteiger partial charge in [0.25, 0.3) is 0 Å². The summed E-state index contributed by atoms with van der Waals surface area (Å²) in [6, 6.07) is 3.71. The normalized spacial score (nSPS) is 15.2. The molecule has 5 unspecified atom stereocenters. The molecular formula is C29H46N6O5. The first kappa shape index (κ1) is 32.8. The number of carboxylic acid groups (broad SMARTS) is 1. The second kappa shape index (κ2) is 16.0. The lowest BCUT2D eigenvalue weighted by Crippen LogP contribution is -2.58. The lowest BCUT2D eigenvalue weighted by molar-refractivity contribution is -0.142. The van der Waals surface area contributed by atoms with Crippen LogP contribution < -0.4 is 27.4 Å². The van der Waals surface area contributed by atoms with E-state index in [1.165, 1.54) is 0 Å². The molecule has 1 heterocycles. The number of rotatable bonds is 17. The molecule has 5 atom stereocenters. The Balaban J connectivity index is 2.31. The van der Waals surface area contributed by atoms with Crippen molar-refractivity contribution in [3.63, 3.8) is 0 Å². The van der Waals surface area contributed by atoms with Gasteiger partial charge in [-0.3, -0.25) is 14.4 Å². The Labute approximate surface area is 236 Å². The molecule has 3 amide bonds. The molecule has 2 aromatic rings. The number of carbonyl (C=O) groups excluding carboxylic acids is 3. The Morgan fingerprint density at radius 2 is 1.55 bits per heavy atom. The molecule has 40 heavy (non-hydrogen) atoms. The van der Waals surface area contributed by atoms with Crippen LogP contribution in [0.5, 0.6) is 0 Å². The fourth-order valence-corrected chi connectivity index (χ4v) is 4.51. The number of benzene rings is 1. The third-order valence-corrected chi connectivity index (χ3v) is 7.19. The number of aliphatic carboxylic acids is 1. The number of fused-ring (bicyclic) bond motifs is 1. The van der Waals surface area contributed by atoms with Crippen LogP contribution in [0.1, 0.15) is 65.4 Å². The van der Waals surface area contributed by atoms with Crippen LogP contribution in [0.2, 0.25) is 0 Å². The van der Waals surface area contributed by atoms with Crippen LogP contribution in [0, 0.1) is 11.8 Å². The van der Waals surface area contributed by atoms with Gasteiger partial charge in [-0.25, -0.2) is 4.79 Å². The average molecular weight is 559 g/mol. The topological polar surface area (TPSA) is 192 Å². The van der Waals surface area contributed by atoms with Crippen molar-refractivity contribution in [1.29, 1.82) is 0 Å². The molecule has 1 aromatic carbocycles. The standard InChI is InChI=1S/C29H46N6O5/c1-5-18(4)25(31)28(38)34-23(15-19-16-32-21-11-7-6-10-20(19)21)27(37)33-22(12-8-9-13-30)26(36)35-24(29(39)40)14-17(2)3/h6-7,10-11,16-18,22-25,32H,5,8-9,12-15,30-31H2,1-4H3,(H,33,37)(H,34,38)(H,35,36)(H,39,40). The average Bonchev–Trinajstić information content (AvgIpc) is 3.33. The van der Waals surface area contributed by atoms with E-state index in [0.29, 0.717) is 25.8 Å². The zero-order valence-corrected chi connectivity index (χ0v) is 24.0. The molecule has 0 aliphatic heterocycles. The summed E-state index contributed by atoms with van der Waals surface area (Å²) in [7, 11) is 0. The minimum absolute atomic E-state index is 0.0390. The fraction of sp³-hybridized carbons (Fsp3) is 0.586. The maximum atomic E-state index is 13.7. The molecule has 1 aromatic heterocycles. The molecule has 0 aliphatic rings. The highest BCUT2D eigenvalue weighted by molar-refractivity contribution is 5.95. The molecule has 11 heteroatoms. The number of H-pyrrole nitrogens is 1. The monoisotopic (exact) mass is 558 g/mol. The molecule has 0 spiro atoms. The van der Waals surface area contributed by atoms with E-state index in [-0.39, 0.29) is 31.1 Å². The number of aromatic amines is 1. The fourth-order valence-electron chi connectivity index (χ4n) is 4.51. The van der Waals surface area contributed by atoms with E-state index in [2.05, 4.69) is 20.9 Å². The van der Waals surface area contributed by atoms with E-state index in [1.54, 1.807) is 6.20 Å². The van der Waals surface area contributed by atoms with Crippen LogP contribution in [0.3, 0.4) is 0 Å². The highest BCUT2D eigenvalue weighted by atomic mass is 16.4. The number of carbonyl (C=O) groups is 4. The number of hydrogen-bond acceptors (Lipinski definition) is 6. The van der Waals surface area contributed by atoms with Crippen molar-refractivity contribution < 1.29 is 24.3 Å². The number of aromatic nitrogens is 1. The Kier molecular flexibility index (Phi) is 13.1.